The van der Waals surface area contributed by atoms with Crippen molar-refractivity contribution in [3.8, 4) is 11.5 Å². The number of hydrogen-bond donors (Lipinski definition) is 1. The minimum Gasteiger partial charge on any atom is -0.493 e. The molecule has 2 aromatic carbocycles. The number of benzene rings is 2. The maximum absolute atomic E-state index is 12.3. The maximum Gasteiger partial charge on any atom is 0.262 e. The van der Waals surface area contributed by atoms with Crippen molar-refractivity contribution in [1.82, 2.24) is 4.90 Å². The molecule has 1 amide bonds. The van der Waals surface area contributed by atoms with Crippen LogP contribution in [0, 0.1) is 0 Å². The van der Waals surface area contributed by atoms with Crippen molar-refractivity contribution in [3.63, 3.8) is 0 Å². The van der Waals surface area contributed by atoms with E-state index in [1.165, 1.54) is 6.42 Å². The van der Waals surface area contributed by atoms with Crippen LogP contribution in [0.25, 0.3) is 0 Å². The molecule has 2 aromatic rings. The van der Waals surface area contributed by atoms with E-state index >= 15 is 0 Å². The van der Waals surface area contributed by atoms with E-state index in [9.17, 15) is 4.79 Å². The third-order valence-electron chi connectivity index (χ3n) is 4.67. The summed E-state index contributed by atoms with van der Waals surface area (Å²) in [6.07, 6.45) is 3.53. The summed E-state index contributed by atoms with van der Waals surface area (Å²) in [7, 11) is 1.55. The number of carbonyl (C=O) groups excluding carboxylic acids is 1. The molecule has 30 heavy (non-hydrogen) atoms. The number of likely N-dealkylation sites (tertiary alicyclic amines) is 1. The largest absolute Gasteiger partial charge is 0.493 e. The van der Waals surface area contributed by atoms with Crippen LogP contribution in [-0.4, -0.2) is 42.6 Å². The van der Waals surface area contributed by atoms with Gasteiger partial charge in [0.05, 0.1) is 21.6 Å². The number of thiocarbonyl (C=S) groups is 1. The molecule has 1 aliphatic rings. The minimum atomic E-state index is -0.338. The first-order valence-electron chi connectivity index (χ1n) is 9.43. The molecule has 0 unspecified atom stereocenters. The number of nitrogens with one attached hydrogen (secondary N) is 1. The van der Waals surface area contributed by atoms with Gasteiger partial charge in [-0.2, -0.15) is 0 Å². The van der Waals surface area contributed by atoms with Gasteiger partial charge in [-0.15, -0.1) is 0 Å². The molecular weight excluding hydrogens is 511 g/mol. The summed E-state index contributed by atoms with van der Waals surface area (Å²) in [5.41, 5.74) is 1.41. The number of halogens is 3. The Morgan fingerprint density at radius 1 is 1.17 bits per heavy atom. The Morgan fingerprint density at radius 2 is 1.90 bits per heavy atom. The highest BCUT2D eigenvalue weighted by Gasteiger charge is 2.19. The smallest absolute Gasteiger partial charge is 0.262 e. The summed E-state index contributed by atoms with van der Waals surface area (Å²) < 4.78 is 11.9. The van der Waals surface area contributed by atoms with Crippen molar-refractivity contribution >= 4 is 67.9 Å². The van der Waals surface area contributed by atoms with Gasteiger partial charge in [-0.1, -0.05) is 35.4 Å². The van der Waals surface area contributed by atoms with Gasteiger partial charge < -0.3 is 19.7 Å². The van der Waals surface area contributed by atoms with Gasteiger partial charge in [0.1, 0.15) is 4.99 Å². The van der Waals surface area contributed by atoms with Gasteiger partial charge in [0, 0.05) is 24.3 Å². The minimum absolute atomic E-state index is 0.203. The third kappa shape index (κ3) is 5.78. The summed E-state index contributed by atoms with van der Waals surface area (Å²) >= 11 is 21.1. The normalized spacial score (nSPS) is 13.7. The molecule has 0 spiro atoms. The van der Waals surface area contributed by atoms with E-state index < -0.39 is 0 Å². The summed E-state index contributed by atoms with van der Waals surface area (Å²) in [5.74, 6) is 0.600. The Balaban J connectivity index is 1.68. The fraction of sp³-hybridized carbons (Fsp3) is 0.333. The average molecular weight is 532 g/mol. The summed E-state index contributed by atoms with van der Waals surface area (Å²) in [6.45, 7) is 1.73. The average Bonchev–Trinajstić information content (AvgIpc) is 2.75. The maximum atomic E-state index is 12.3. The second-order valence-corrected chi connectivity index (χ2v) is 8.86. The van der Waals surface area contributed by atoms with E-state index in [0.29, 0.717) is 31.7 Å². The van der Waals surface area contributed by atoms with Crippen molar-refractivity contribution in [1.29, 1.82) is 0 Å². The van der Waals surface area contributed by atoms with Crippen molar-refractivity contribution < 1.29 is 14.3 Å². The van der Waals surface area contributed by atoms with Gasteiger partial charge in [0.2, 0.25) is 0 Å². The Morgan fingerprint density at radius 3 is 2.57 bits per heavy atom. The molecule has 1 aliphatic heterocycles. The van der Waals surface area contributed by atoms with Crippen LogP contribution in [0.3, 0.4) is 0 Å². The molecule has 5 nitrogen and oxygen atoms in total. The van der Waals surface area contributed by atoms with Crippen LogP contribution in [0.5, 0.6) is 11.5 Å². The van der Waals surface area contributed by atoms with Crippen LogP contribution < -0.4 is 14.8 Å². The zero-order chi connectivity index (χ0) is 21.7. The van der Waals surface area contributed by atoms with Crippen molar-refractivity contribution in [2.45, 2.75) is 19.3 Å². The number of rotatable bonds is 6. The van der Waals surface area contributed by atoms with Gasteiger partial charge in [0.15, 0.2) is 18.1 Å². The van der Waals surface area contributed by atoms with E-state index in [-0.39, 0.29) is 12.5 Å². The molecule has 1 saturated heterocycles. The summed E-state index contributed by atoms with van der Waals surface area (Å²) in [4.78, 5) is 15.3. The van der Waals surface area contributed by atoms with Gasteiger partial charge in [-0.05, 0) is 65.5 Å². The van der Waals surface area contributed by atoms with Crippen LogP contribution in [0.1, 0.15) is 24.8 Å². The summed E-state index contributed by atoms with van der Waals surface area (Å²) in [5, 5.41) is 3.50. The molecule has 160 valence electrons. The summed E-state index contributed by atoms with van der Waals surface area (Å²) in [6, 6.07) is 8.59. The third-order valence-corrected chi connectivity index (χ3v) is 6.49. The molecule has 0 aromatic heterocycles. The number of anilines is 1. The molecule has 0 atom stereocenters. The van der Waals surface area contributed by atoms with Gasteiger partial charge >= 0.3 is 0 Å². The fourth-order valence-electron chi connectivity index (χ4n) is 3.17. The Bertz CT molecular complexity index is 952. The lowest BCUT2D eigenvalue weighted by Gasteiger charge is -2.29. The molecular formula is C21H21BrCl2N2O3S. The van der Waals surface area contributed by atoms with Crippen LogP contribution >= 0.6 is 51.3 Å². The van der Waals surface area contributed by atoms with Crippen molar-refractivity contribution in [2.24, 2.45) is 0 Å². The monoisotopic (exact) mass is 530 g/mol. The van der Waals surface area contributed by atoms with Crippen LogP contribution in [0.15, 0.2) is 34.8 Å². The predicted octanol–water partition coefficient (Wildman–Crippen LogP) is 5.94. The van der Waals surface area contributed by atoms with Crippen LogP contribution in [0.2, 0.25) is 10.0 Å². The first-order chi connectivity index (χ1) is 14.4. The highest BCUT2D eigenvalue weighted by Crippen LogP contribution is 2.37. The van der Waals surface area contributed by atoms with E-state index in [1.54, 1.807) is 25.3 Å². The molecule has 0 aliphatic carbocycles. The second kappa shape index (κ2) is 10.7. The number of carbonyl (C=O) groups is 1. The second-order valence-electron chi connectivity index (χ2n) is 6.81. The molecule has 1 N–H and O–H groups in total. The van der Waals surface area contributed by atoms with Crippen LogP contribution in [0.4, 0.5) is 5.69 Å². The van der Waals surface area contributed by atoms with Gasteiger partial charge in [0.25, 0.3) is 5.91 Å². The molecule has 1 heterocycles. The number of methoxy groups -OCH3 is 1. The fourth-order valence-corrected chi connectivity index (χ4v) is 4.33. The highest BCUT2D eigenvalue weighted by molar-refractivity contribution is 9.10. The number of nitrogens with zero attached hydrogens (tertiary/aromatic N) is 1. The molecule has 1 fully saturated rings. The van der Waals surface area contributed by atoms with E-state index in [1.807, 2.05) is 12.1 Å². The Kier molecular flexibility index (Phi) is 8.22. The quantitative estimate of drug-likeness (QED) is 0.467. The van der Waals surface area contributed by atoms with Crippen LogP contribution in [-0.2, 0) is 4.79 Å². The lowest BCUT2D eigenvalue weighted by molar-refractivity contribution is -0.118. The van der Waals surface area contributed by atoms with E-state index in [0.717, 1.165) is 36.5 Å². The number of amides is 1. The Hall–Kier alpha value is -1.54. The highest BCUT2D eigenvalue weighted by atomic mass is 79.9. The molecule has 0 bridgehead atoms. The topological polar surface area (TPSA) is 50.8 Å². The van der Waals surface area contributed by atoms with Crippen molar-refractivity contribution in [3.05, 3.63) is 50.4 Å². The van der Waals surface area contributed by atoms with E-state index in [2.05, 4.69) is 26.1 Å². The SMILES string of the molecule is COc1cc(C(=S)N2CCCCC2)cc(Br)c1OCC(=O)Nc1ccc(Cl)c(Cl)c1. The standard InChI is InChI=1S/C21H21BrCl2N2O3S/c1-28-18-10-13(21(30)26-7-3-2-4-8-26)9-15(22)20(18)29-12-19(27)25-14-5-6-16(23)17(24)11-14/h5-6,9-11H,2-4,7-8,12H2,1H3,(H,25,27). The number of ether oxygens (including phenoxy) is 2. The molecule has 3 rings (SSSR count). The lowest BCUT2D eigenvalue weighted by Crippen LogP contribution is -2.34. The van der Waals surface area contributed by atoms with Gasteiger partial charge in [-0.25, -0.2) is 0 Å². The van der Waals surface area contributed by atoms with E-state index in [4.69, 9.17) is 44.9 Å². The first-order valence-corrected chi connectivity index (χ1v) is 11.4. The molecule has 0 radical (unpaired) electrons. The molecule has 0 saturated carbocycles. The van der Waals surface area contributed by atoms with Crippen molar-refractivity contribution in [2.75, 3.05) is 32.1 Å². The molecule has 9 heteroatoms. The lowest BCUT2D eigenvalue weighted by atomic mass is 10.1. The predicted molar refractivity (Wildman–Crippen MR) is 128 cm³/mol. The zero-order valence-electron chi connectivity index (χ0n) is 16.3. The zero-order valence-corrected chi connectivity index (χ0v) is 20.3. The number of hydrogen-bond acceptors (Lipinski definition) is 4. The first kappa shape index (κ1) is 23.1. The number of piperidine rings is 1. The Labute approximate surface area is 199 Å². The van der Waals surface area contributed by atoms with Gasteiger partial charge in [-0.3, -0.25) is 4.79 Å².